The topological polar surface area (TPSA) is 14.2 Å². The van der Waals surface area contributed by atoms with E-state index in [9.17, 15) is 0 Å². The Balaban J connectivity index is 2.07. The lowest BCUT2D eigenvalue weighted by Gasteiger charge is -2.17. The number of aromatic nitrogens is 1. The van der Waals surface area contributed by atoms with Gasteiger partial charge in [0.1, 0.15) is 6.73 Å². The van der Waals surface area contributed by atoms with Crippen LogP contribution in [0.3, 0.4) is 0 Å². The van der Waals surface area contributed by atoms with Crippen molar-refractivity contribution >= 4 is 19.7 Å². The maximum Gasteiger partial charge on any atom is 0.122 e. The van der Waals surface area contributed by atoms with Crippen molar-refractivity contribution < 1.29 is 4.74 Å². The van der Waals surface area contributed by atoms with Gasteiger partial charge in [-0.25, -0.2) is 0 Å². The van der Waals surface area contributed by atoms with E-state index in [1.807, 2.05) is 12.1 Å². The first-order valence-corrected chi connectivity index (χ1v) is 11.5. The van der Waals surface area contributed by atoms with E-state index in [4.69, 9.17) is 16.3 Å². The predicted octanol–water partition coefficient (Wildman–Crippen LogP) is 5.43. The standard InChI is InChI=1S/C17H24ClNOSi/c1-14-15(7-5-8-16(14)18)17-9-6-10-19(17)13-20-11-12-21(2,3)4/h5-10H,11-13H2,1-4H3. The Labute approximate surface area is 133 Å². The third-order valence-electron chi connectivity index (χ3n) is 3.60. The van der Waals surface area contributed by atoms with E-state index in [2.05, 4.69) is 55.5 Å². The van der Waals surface area contributed by atoms with Crippen LogP contribution in [0.25, 0.3) is 11.3 Å². The molecule has 0 aliphatic heterocycles. The van der Waals surface area contributed by atoms with Gasteiger partial charge in [-0.2, -0.15) is 0 Å². The van der Waals surface area contributed by atoms with Crippen LogP contribution in [0.5, 0.6) is 0 Å². The van der Waals surface area contributed by atoms with Crippen molar-refractivity contribution in [3.63, 3.8) is 0 Å². The fourth-order valence-electron chi connectivity index (χ4n) is 2.20. The summed E-state index contributed by atoms with van der Waals surface area (Å²) in [6.07, 6.45) is 2.06. The Bertz CT molecular complexity index is 601. The Morgan fingerprint density at radius 2 is 1.90 bits per heavy atom. The Morgan fingerprint density at radius 3 is 2.62 bits per heavy atom. The number of hydrogen-bond acceptors (Lipinski definition) is 1. The highest BCUT2D eigenvalue weighted by Gasteiger charge is 2.13. The van der Waals surface area contributed by atoms with Crippen LogP contribution in [0.1, 0.15) is 5.56 Å². The lowest BCUT2D eigenvalue weighted by molar-refractivity contribution is 0.0885. The molecule has 0 saturated carbocycles. The molecule has 1 aromatic heterocycles. The van der Waals surface area contributed by atoms with E-state index in [1.54, 1.807) is 0 Å². The van der Waals surface area contributed by atoms with Crippen LogP contribution in [-0.4, -0.2) is 19.2 Å². The molecule has 2 rings (SSSR count). The second-order valence-electron chi connectivity index (χ2n) is 6.62. The van der Waals surface area contributed by atoms with E-state index in [0.29, 0.717) is 6.73 Å². The SMILES string of the molecule is Cc1c(Cl)cccc1-c1cccn1COCC[Si](C)(C)C. The molecule has 0 amide bonds. The predicted molar refractivity (Wildman–Crippen MR) is 93.7 cm³/mol. The second kappa shape index (κ2) is 6.82. The summed E-state index contributed by atoms with van der Waals surface area (Å²) in [7, 11) is -1.02. The average molecular weight is 322 g/mol. The van der Waals surface area contributed by atoms with Crippen molar-refractivity contribution in [1.29, 1.82) is 0 Å². The van der Waals surface area contributed by atoms with E-state index in [-0.39, 0.29) is 0 Å². The number of ether oxygens (including phenoxy) is 1. The van der Waals surface area contributed by atoms with Crippen molar-refractivity contribution in [2.45, 2.75) is 39.3 Å². The summed E-state index contributed by atoms with van der Waals surface area (Å²) in [4.78, 5) is 0. The second-order valence-corrected chi connectivity index (χ2v) is 12.7. The fraction of sp³-hybridized carbons (Fsp3) is 0.412. The number of nitrogens with zero attached hydrogens (tertiary/aromatic N) is 1. The number of benzene rings is 1. The largest absolute Gasteiger partial charge is 0.361 e. The summed E-state index contributed by atoms with van der Waals surface area (Å²) in [6.45, 7) is 10.6. The molecule has 1 heterocycles. The molecule has 114 valence electrons. The third-order valence-corrected chi connectivity index (χ3v) is 5.71. The van der Waals surface area contributed by atoms with Crippen molar-refractivity contribution in [1.82, 2.24) is 4.57 Å². The quantitative estimate of drug-likeness (QED) is 0.511. The molecule has 0 unspecified atom stereocenters. The monoisotopic (exact) mass is 321 g/mol. The van der Waals surface area contributed by atoms with Gasteiger partial charge in [0.15, 0.2) is 0 Å². The molecule has 1 aromatic carbocycles. The van der Waals surface area contributed by atoms with E-state index < -0.39 is 8.07 Å². The van der Waals surface area contributed by atoms with Gasteiger partial charge in [0.2, 0.25) is 0 Å². The molecule has 0 aliphatic carbocycles. The minimum Gasteiger partial charge on any atom is -0.361 e. The number of hydrogen-bond donors (Lipinski definition) is 0. The third kappa shape index (κ3) is 4.47. The molecule has 2 nitrogen and oxygen atoms in total. The Morgan fingerprint density at radius 1 is 1.14 bits per heavy atom. The van der Waals surface area contributed by atoms with Crippen molar-refractivity contribution in [2.24, 2.45) is 0 Å². The first kappa shape index (κ1) is 16.3. The maximum atomic E-state index is 6.22. The number of rotatable bonds is 6. The molecular weight excluding hydrogens is 298 g/mol. The van der Waals surface area contributed by atoms with Gasteiger partial charge in [-0.15, -0.1) is 0 Å². The van der Waals surface area contributed by atoms with Crippen molar-refractivity contribution in [3.8, 4) is 11.3 Å². The molecular formula is C17H24ClNOSi. The van der Waals surface area contributed by atoms with Gasteiger partial charge in [-0.1, -0.05) is 43.4 Å². The highest BCUT2D eigenvalue weighted by molar-refractivity contribution is 6.76. The lowest BCUT2D eigenvalue weighted by atomic mass is 10.1. The van der Waals surface area contributed by atoms with Gasteiger partial charge in [-0.05, 0) is 36.7 Å². The molecule has 0 aliphatic rings. The smallest absolute Gasteiger partial charge is 0.122 e. The van der Waals surface area contributed by atoms with Crippen LogP contribution in [0.15, 0.2) is 36.5 Å². The van der Waals surface area contributed by atoms with Crippen LogP contribution in [-0.2, 0) is 11.5 Å². The first-order valence-electron chi connectivity index (χ1n) is 7.37. The van der Waals surface area contributed by atoms with Crippen LogP contribution in [0.2, 0.25) is 30.7 Å². The molecule has 0 atom stereocenters. The summed E-state index contributed by atoms with van der Waals surface area (Å²) in [5.74, 6) is 0. The van der Waals surface area contributed by atoms with E-state index in [0.717, 1.165) is 22.9 Å². The maximum absolute atomic E-state index is 6.22. The van der Waals surface area contributed by atoms with Crippen LogP contribution in [0.4, 0.5) is 0 Å². The molecule has 0 saturated heterocycles. The minimum absolute atomic E-state index is 0.596. The summed E-state index contributed by atoms with van der Waals surface area (Å²) in [6, 6.07) is 11.4. The summed E-state index contributed by atoms with van der Waals surface area (Å²) < 4.78 is 7.99. The van der Waals surface area contributed by atoms with Gasteiger partial charge >= 0.3 is 0 Å². The molecule has 0 N–H and O–H groups in total. The molecule has 0 fully saturated rings. The Kier molecular flexibility index (Phi) is 5.30. The summed E-state index contributed by atoms with van der Waals surface area (Å²) in [5.41, 5.74) is 3.44. The summed E-state index contributed by atoms with van der Waals surface area (Å²) >= 11 is 6.22. The van der Waals surface area contributed by atoms with Crippen molar-refractivity contribution in [2.75, 3.05) is 6.61 Å². The first-order chi connectivity index (χ1) is 9.88. The minimum atomic E-state index is -1.02. The normalized spacial score (nSPS) is 11.9. The van der Waals surface area contributed by atoms with Gasteiger partial charge < -0.3 is 9.30 Å². The zero-order chi connectivity index (χ0) is 15.5. The highest BCUT2D eigenvalue weighted by atomic mass is 35.5. The molecule has 4 heteroatoms. The van der Waals surface area contributed by atoms with E-state index in [1.165, 1.54) is 11.6 Å². The zero-order valence-electron chi connectivity index (χ0n) is 13.3. The fourth-order valence-corrected chi connectivity index (χ4v) is 3.13. The number of halogens is 1. The zero-order valence-corrected chi connectivity index (χ0v) is 15.1. The molecule has 21 heavy (non-hydrogen) atoms. The lowest BCUT2D eigenvalue weighted by Crippen LogP contribution is -2.22. The molecule has 0 bridgehead atoms. The van der Waals surface area contributed by atoms with Gasteiger partial charge in [0.25, 0.3) is 0 Å². The molecule has 0 radical (unpaired) electrons. The van der Waals surface area contributed by atoms with Gasteiger partial charge in [0.05, 0.1) is 5.69 Å². The van der Waals surface area contributed by atoms with Crippen LogP contribution >= 0.6 is 11.6 Å². The van der Waals surface area contributed by atoms with E-state index >= 15 is 0 Å². The molecule has 0 spiro atoms. The van der Waals surface area contributed by atoms with Crippen molar-refractivity contribution in [3.05, 3.63) is 47.1 Å². The highest BCUT2D eigenvalue weighted by Crippen LogP contribution is 2.28. The molecule has 2 aromatic rings. The average Bonchev–Trinajstić information content (AvgIpc) is 2.85. The van der Waals surface area contributed by atoms with Gasteiger partial charge in [-0.3, -0.25) is 0 Å². The summed E-state index contributed by atoms with van der Waals surface area (Å²) in [5, 5.41) is 0.805. The van der Waals surface area contributed by atoms with Crippen LogP contribution < -0.4 is 0 Å². The Hall–Kier alpha value is -1.03. The van der Waals surface area contributed by atoms with Gasteiger partial charge in [0, 0.05) is 31.5 Å². The van der Waals surface area contributed by atoms with Crippen LogP contribution in [0, 0.1) is 6.92 Å².